The fourth-order valence-corrected chi connectivity index (χ4v) is 0.841. The third kappa shape index (κ3) is 1.68. The summed E-state index contributed by atoms with van der Waals surface area (Å²) in [5.74, 6) is -0.905. The molecule has 58 valence electrons. The largest absolute Gasteiger partial charge is 0.490 e. The Labute approximate surface area is 67.6 Å². The van der Waals surface area contributed by atoms with Crippen LogP contribution in [0.4, 0.5) is 4.39 Å². The van der Waals surface area contributed by atoms with Gasteiger partial charge in [-0.15, -0.1) is 0 Å². The Morgan fingerprint density at radius 3 is 2.64 bits per heavy atom. The number of pyridine rings is 1. The molecule has 11 heavy (non-hydrogen) atoms. The molecule has 1 heterocycles. The number of rotatable bonds is 1. The standard InChI is InChI=1S/C5H4BClFNO2/c7-4-3(6(10)11)1-2-9-5(4)8/h1-2,10-11H. The molecule has 0 aliphatic carbocycles. The summed E-state index contributed by atoms with van der Waals surface area (Å²) in [6.07, 6.45) is 1.11. The normalized spacial score (nSPS) is 9.82. The van der Waals surface area contributed by atoms with Gasteiger partial charge in [0.2, 0.25) is 5.95 Å². The summed E-state index contributed by atoms with van der Waals surface area (Å²) < 4.78 is 12.5. The van der Waals surface area contributed by atoms with E-state index < -0.39 is 13.1 Å². The molecular formula is C5H4BClFNO2. The number of hydrogen-bond acceptors (Lipinski definition) is 3. The maximum atomic E-state index is 12.5. The highest BCUT2D eigenvalue weighted by atomic mass is 35.5. The zero-order valence-electron chi connectivity index (χ0n) is 5.33. The molecule has 0 spiro atoms. The van der Waals surface area contributed by atoms with Crippen LogP contribution in [-0.4, -0.2) is 22.2 Å². The van der Waals surface area contributed by atoms with E-state index >= 15 is 0 Å². The van der Waals surface area contributed by atoms with E-state index in [1.54, 1.807) is 0 Å². The van der Waals surface area contributed by atoms with Crippen molar-refractivity contribution in [3.05, 3.63) is 23.2 Å². The molecule has 1 aromatic rings. The maximum absolute atomic E-state index is 12.5. The first-order chi connectivity index (χ1) is 5.13. The predicted octanol–water partition coefficient (Wildman–Crippen LogP) is -0.446. The summed E-state index contributed by atoms with van der Waals surface area (Å²) in [6, 6.07) is 1.23. The molecule has 0 amide bonds. The van der Waals surface area contributed by atoms with Crippen LogP contribution >= 0.6 is 11.6 Å². The lowest BCUT2D eigenvalue weighted by molar-refractivity contribution is 0.425. The van der Waals surface area contributed by atoms with E-state index in [2.05, 4.69) is 4.98 Å². The Morgan fingerprint density at radius 1 is 1.55 bits per heavy atom. The minimum Gasteiger partial charge on any atom is -0.423 e. The second-order valence-corrected chi connectivity index (χ2v) is 2.26. The lowest BCUT2D eigenvalue weighted by Gasteiger charge is -2.00. The van der Waals surface area contributed by atoms with Crippen molar-refractivity contribution < 1.29 is 14.4 Å². The van der Waals surface area contributed by atoms with Gasteiger partial charge >= 0.3 is 7.12 Å². The summed E-state index contributed by atoms with van der Waals surface area (Å²) in [5, 5.41) is 16.9. The smallest absolute Gasteiger partial charge is 0.423 e. The molecule has 0 aromatic carbocycles. The quantitative estimate of drug-likeness (QED) is 0.449. The Kier molecular flexibility index (Phi) is 2.43. The lowest BCUT2D eigenvalue weighted by atomic mass is 9.81. The van der Waals surface area contributed by atoms with E-state index in [1.165, 1.54) is 6.07 Å². The maximum Gasteiger partial charge on any atom is 0.490 e. The Morgan fingerprint density at radius 2 is 2.18 bits per heavy atom. The van der Waals surface area contributed by atoms with Crippen LogP contribution in [-0.2, 0) is 0 Å². The van der Waals surface area contributed by atoms with Gasteiger partial charge in [-0.05, 0) is 6.07 Å². The van der Waals surface area contributed by atoms with Crippen molar-refractivity contribution in [2.75, 3.05) is 0 Å². The Balaban J connectivity index is 3.17. The van der Waals surface area contributed by atoms with Gasteiger partial charge in [0, 0.05) is 11.7 Å². The van der Waals surface area contributed by atoms with Crippen molar-refractivity contribution in [3.8, 4) is 0 Å². The number of hydrogen-bond donors (Lipinski definition) is 2. The molecule has 0 saturated heterocycles. The van der Waals surface area contributed by atoms with Gasteiger partial charge in [-0.25, -0.2) is 4.98 Å². The SMILES string of the molecule is OB(O)c1ccnc(F)c1Cl. The van der Waals surface area contributed by atoms with Crippen LogP contribution in [0.2, 0.25) is 5.02 Å². The average Bonchev–Trinajstić information content (AvgIpc) is 1.94. The number of halogens is 2. The van der Waals surface area contributed by atoms with Gasteiger partial charge in [0.15, 0.2) is 0 Å². The van der Waals surface area contributed by atoms with Gasteiger partial charge in [-0.3, -0.25) is 0 Å². The topological polar surface area (TPSA) is 53.4 Å². The van der Waals surface area contributed by atoms with Gasteiger partial charge in [0.1, 0.15) is 0 Å². The van der Waals surface area contributed by atoms with Crippen LogP contribution in [0.1, 0.15) is 0 Å². The summed E-state index contributed by atoms with van der Waals surface area (Å²) in [4.78, 5) is 3.20. The highest BCUT2D eigenvalue weighted by molar-refractivity contribution is 6.62. The van der Waals surface area contributed by atoms with Crippen LogP contribution in [0.25, 0.3) is 0 Å². The molecule has 6 heteroatoms. The van der Waals surface area contributed by atoms with Crippen LogP contribution in [0.3, 0.4) is 0 Å². The third-order valence-corrected chi connectivity index (χ3v) is 1.53. The predicted molar refractivity (Wildman–Crippen MR) is 39.0 cm³/mol. The zero-order valence-corrected chi connectivity index (χ0v) is 6.09. The van der Waals surface area contributed by atoms with Crippen LogP contribution in [0.5, 0.6) is 0 Å². The van der Waals surface area contributed by atoms with E-state index in [9.17, 15) is 4.39 Å². The molecule has 0 fully saturated rings. The molecule has 2 N–H and O–H groups in total. The van der Waals surface area contributed by atoms with Gasteiger partial charge in [0.25, 0.3) is 0 Å². The first-order valence-electron chi connectivity index (χ1n) is 2.79. The van der Waals surface area contributed by atoms with Crippen molar-refractivity contribution in [3.63, 3.8) is 0 Å². The van der Waals surface area contributed by atoms with E-state index in [0.717, 1.165) is 6.20 Å². The first-order valence-corrected chi connectivity index (χ1v) is 3.16. The van der Waals surface area contributed by atoms with Crippen molar-refractivity contribution in [1.82, 2.24) is 4.98 Å². The van der Waals surface area contributed by atoms with Crippen LogP contribution < -0.4 is 5.46 Å². The first kappa shape index (κ1) is 8.45. The monoisotopic (exact) mass is 175 g/mol. The van der Waals surface area contributed by atoms with Gasteiger partial charge < -0.3 is 10.0 Å². The van der Waals surface area contributed by atoms with Crippen LogP contribution in [0, 0.1) is 5.95 Å². The van der Waals surface area contributed by atoms with Crippen molar-refractivity contribution in [1.29, 1.82) is 0 Å². The van der Waals surface area contributed by atoms with Crippen molar-refractivity contribution in [2.45, 2.75) is 0 Å². The van der Waals surface area contributed by atoms with E-state index in [-0.39, 0.29) is 10.5 Å². The number of nitrogens with zero attached hydrogens (tertiary/aromatic N) is 1. The average molecular weight is 175 g/mol. The van der Waals surface area contributed by atoms with Crippen molar-refractivity contribution in [2.24, 2.45) is 0 Å². The van der Waals surface area contributed by atoms with E-state index in [4.69, 9.17) is 21.6 Å². The zero-order chi connectivity index (χ0) is 8.43. The molecule has 0 bridgehead atoms. The van der Waals surface area contributed by atoms with Crippen molar-refractivity contribution >= 4 is 24.2 Å². The van der Waals surface area contributed by atoms with E-state index in [1.807, 2.05) is 0 Å². The molecule has 0 atom stereocenters. The minimum absolute atomic E-state index is 0.0841. The second kappa shape index (κ2) is 3.17. The molecule has 0 aliphatic rings. The third-order valence-electron chi connectivity index (χ3n) is 1.15. The summed E-state index contributed by atoms with van der Waals surface area (Å²) in [6.45, 7) is 0. The van der Waals surface area contributed by atoms with Gasteiger partial charge in [-0.2, -0.15) is 4.39 Å². The number of aromatic nitrogens is 1. The highest BCUT2D eigenvalue weighted by Gasteiger charge is 2.17. The fourth-order valence-electron chi connectivity index (χ4n) is 0.631. The molecule has 0 saturated carbocycles. The fraction of sp³-hybridized carbons (Fsp3) is 0. The molecule has 0 radical (unpaired) electrons. The highest BCUT2D eigenvalue weighted by Crippen LogP contribution is 2.07. The Bertz CT molecular complexity index is 271. The second-order valence-electron chi connectivity index (χ2n) is 1.88. The Hall–Kier alpha value is -0.645. The molecular weight excluding hydrogens is 171 g/mol. The summed E-state index contributed by atoms with van der Waals surface area (Å²) >= 11 is 5.33. The molecule has 0 aliphatic heterocycles. The minimum atomic E-state index is -1.76. The summed E-state index contributed by atoms with van der Waals surface area (Å²) in [7, 11) is -1.76. The van der Waals surface area contributed by atoms with E-state index in [0.29, 0.717) is 0 Å². The molecule has 1 aromatic heterocycles. The summed E-state index contributed by atoms with van der Waals surface area (Å²) in [5.41, 5.74) is -0.0841. The van der Waals surface area contributed by atoms with Gasteiger partial charge in [0.05, 0.1) is 5.02 Å². The molecule has 3 nitrogen and oxygen atoms in total. The molecule has 0 unspecified atom stereocenters. The lowest BCUT2D eigenvalue weighted by Crippen LogP contribution is -2.31. The molecule has 1 rings (SSSR count). The van der Waals surface area contributed by atoms with Crippen LogP contribution in [0.15, 0.2) is 12.3 Å². The van der Waals surface area contributed by atoms with Gasteiger partial charge in [-0.1, -0.05) is 11.6 Å².